The Morgan fingerprint density at radius 1 is 0.562 bits per heavy atom. The molecule has 4 aromatic carbocycles. The largest absolute Gasteiger partial charge is 0.497 e. The van der Waals surface area contributed by atoms with Crippen LogP contribution in [0.4, 0.5) is 0 Å². The summed E-state index contributed by atoms with van der Waals surface area (Å²) in [6.07, 6.45) is 3.96. The molecular formula is C36H34N4O8. The van der Waals surface area contributed by atoms with Gasteiger partial charge in [-0.25, -0.2) is 20.4 Å². The van der Waals surface area contributed by atoms with Crippen molar-refractivity contribution in [3.05, 3.63) is 119 Å². The van der Waals surface area contributed by atoms with E-state index in [9.17, 15) is 19.2 Å². The molecule has 0 aliphatic heterocycles. The Balaban J connectivity index is 1.16. The Bertz CT molecular complexity index is 1640. The summed E-state index contributed by atoms with van der Waals surface area (Å²) in [5.74, 6) is 0.0345. The molecule has 48 heavy (non-hydrogen) atoms. The van der Waals surface area contributed by atoms with E-state index < -0.39 is 11.9 Å². The molecule has 4 aromatic rings. The van der Waals surface area contributed by atoms with Gasteiger partial charge in [0, 0.05) is 24.0 Å². The fourth-order valence-electron chi connectivity index (χ4n) is 4.16. The molecular weight excluding hydrogens is 616 g/mol. The molecule has 0 aliphatic carbocycles. The van der Waals surface area contributed by atoms with Gasteiger partial charge in [0.25, 0.3) is 0 Å². The second kappa shape index (κ2) is 18.0. The van der Waals surface area contributed by atoms with Crippen molar-refractivity contribution in [2.45, 2.75) is 25.7 Å². The average molecular weight is 651 g/mol. The van der Waals surface area contributed by atoms with Crippen LogP contribution in [0.15, 0.2) is 107 Å². The van der Waals surface area contributed by atoms with Crippen molar-refractivity contribution in [2.24, 2.45) is 10.2 Å². The fourth-order valence-corrected chi connectivity index (χ4v) is 4.16. The lowest BCUT2D eigenvalue weighted by Gasteiger charge is -2.08. The molecule has 12 heteroatoms. The van der Waals surface area contributed by atoms with Gasteiger partial charge < -0.3 is 18.9 Å². The van der Waals surface area contributed by atoms with Crippen molar-refractivity contribution in [1.29, 1.82) is 0 Å². The number of carbonyl (C=O) groups excluding carboxylic acids is 4. The van der Waals surface area contributed by atoms with E-state index in [2.05, 4.69) is 21.1 Å². The van der Waals surface area contributed by atoms with Crippen molar-refractivity contribution in [2.75, 3.05) is 14.2 Å². The first-order valence-electron chi connectivity index (χ1n) is 14.9. The Labute approximate surface area is 277 Å². The number of para-hydroxylation sites is 2. The van der Waals surface area contributed by atoms with Crippen LogP contribution in [-0.4, -0.2) is 50.4 Å². The van der Waals surface area contributed by atoms with E-state index in [1.54, 1.807) is 97.1 Å². The summed E-state index contributed by atoms with van der Waals surface area (Å²) in [5.41, 5.74) is 6.58. The summed E-state index contributed by atoms with van der Waals surface area (Å²) in [5, 5.41) is 7.94. The molecule has 0 unspecified atom stereocenters. The molecule has 0 heterocycles. The second-order valence-corrected chi connectivity index (χ2v) is 10.1. The second-order valence-electron chi connectivity index (χ2n) is 10.1. The van der Waals surface area contributed by atoms with Gasteiger partial charge in [-0.15, -0.1) is 0 Å². The van der Waals surface area contributed by atoms with Crippen LogP contribution in [0, 0.1) is 0 Å². The normalized spacial score (nSPS) is 10.8. The van der Waals surface area contributed by atoms with Gasteiger partial charge >= 0.3 is 11.9 Å². The third-order valence-electron chi connectivity index (χ3n) is 6.74. The number of hydrogen-bond acceptors (Lipinski definition) is 10. The van der Waals surface area contributed by atoms with Gasteiger partial charge in [-0.1, -0.05) is 24.3 Å². The van der Waals surface area contributed by atoms with E-state index in [-0.39, 0.29) is 36.2 Å². The summed E-state index contributed by atoms with van der Waals surface area (Å²) < 4.78 is 21.2. The molecule has 0 aliphatic rings. The van der Waals surface area contributed by atoms with Crippen molar-refractivity contribution in [3.63, 3.8) is 0 Å². The summed E-state index contributed by atoms with van der Waals surface area (Å²) in [6.45, 7) is 0. The highest BCUT2D eigenvalue weighted by atomic mass is 16.5. The van der Waals surface area contributed by atoms with E-state index in [0.29, 0.717) is 46.6 Å². The zero-order valence-electron chi connectivity index (χ0n) is 26.4. The summed E-state index contributed by atoms with van der Waals surface area (Å²) >= 11 is 0. The smallest absolute Gasteiger partial charge is 0.343 e. The van der Waals surface area contributed by atoms with Crippen LogP contribution in [0.3, 0.4) is 0 Å². The van der Waals surface area contributed by atoms with Crippen LogP contribution in [0.2, 0.25) is 0 Å². The highest BCUT2D eigenvalue weighted by Crippen LogP contribution is 2.20. The van der Waals surface area contributed by atoms with Crippen molar-refractivity contribution in [1.82, 2.24) is 10.9 Å². The predicted octanol–water partition coefficient (Wildman–Crippen LogP) is 5.30. The molecule has 0 bridgehead atoms. The first kappa shape index (κ1) is 34.6. The van der Waals surface area contributed by atoms with Gasteiger partial charge in [0.2, 0.25) is 11.8 Å². The van der Waals surface area contributed by atoms with E-state index in [4.69, 9.17) is 18.9 Å². The third kappa shape index (κ3) is 10.7. The number of ether oxygens (including phenoxy) is 4. The van der Waals surface area contributed by atoms with Crippen LogP contribution in [0.25, 0.3) is 0 Å². The first-order valence-corrected chi connectivity index (χ1v) is 14.9. The Kier molecular flexibility index (Phi) is 13.0. The molecule has 0 radical (unpaired) electrons. The van der Waals surface area contributed by atoms with Gasteiger partial charge in [-0.3, -0.25) is 9.59 Å². The minimum Gasteiger partial charge on any atom is -0.497 e. The number of methoxy groups -OCH3 is 2. The monoisotopic (exact) mass is 650 g/mol. The lowest BCUT2D eigenvalue weighted by atomic mass is 10.2. The molecule has 12 nitrogen and oxygen atoms in total. The number of nitrogens with one attached hydrogen (secondary N) is 2. The van der Waals surface area contributed by atoms with E-state index in [1.165, 1.54) is 26.6 Å². The standard InChI is InChI=1S/C36H34N4O8/c1-45-29-19-15-25(16-20-29)35(43)47-31-11-5-3-9-27(31)23-37-39-33(41)13-7-8-14-34(42)40-38-24-28-10-4-6-12-32(28)48-36(44)26-17-21-30(46-2)22-18-26/h3-6,9-12,15-24H,7-8,13-14H2,1-2H3,(H,39,41)(H,40,42). The number of hydrazone groups is 2. The van der Waals surface area contributed by atoms with Crippen LogP contribution >= 0.6 is 0 Å². The molecule has 0 saturated heterocycles. The van der Waals surface area contributed by atoms with E-state index >= 15 is 0 Å². The lowest BCUT2D eigenvalue weighted by molar-refractivity contribution is -0.123. The number of amides is 2. The number of carbonyl (C=O) groups is 4. The Hall–Kier alpha value is -6.30. The van der Waals surface area contributed by atoms with Gasteiger partial charge in [0.1, 0.15) is 23.0 Å². The highest BCUT2D eigenvalue weighted by Gasteiger charge is 2.13. The third-order valence-corrected chi connectivity index (χ3v) is 6.74. The van der Waals surface area contributed by atoms with Crippen molar-refractivity contribution in [3.8, 4) is 23.0 Å². The van der Waals surface area contributed by atoms with Crippen molar-refractivity contribution < 1.29 is 38.1 Å². The quantitative estimate of drug-likeness (QED) is 0.0578. The topological polar surface area (TPSA) is 154 Å². The first-order chi connectivity index (χ1) is 23.4. The number of hydrogen-bond donors (Lipinski definition) is 2. The van der Waals surface area contributed by atoms with Crippen LogP contribution < -0.4 is 29.8 Å². The number of nitrogens with zero attached hydrogens (tertiary/aromatic N) is 2. The zero-order chi connectivity index (χ0) is 34.1. The number of benzene rings is 4. The molecule has 2 amide bonds. The number of rotatable bonds is 15. The molecule has 246 valence electrons. The van der Waals surface area contributed by atoms with Gasteiger partial charge in [0.15, 0.2) is 0 Å². The van der Waals surface area contributed by atoms with Gasteiger partial charge in [-0.2, -0.15) is 10.2 Å². The minimum atomic E-state index is -0.548. The fraction of sp³-hybridized carbons (Fsp3) is 0.167. The molecule has 0 saturated carbocycles. The molecule has 0 aromatic heterocycles. The van der Waals surface area contributed by atoms with Crippen molar-refractivity contribution >= 4 is 36.2 Å². The van der Waals surface area contributed by atoms with E-state index in [0.717, 1.165) is 0 Å². The Morgan fingerprint density at radius 3 is 1.31 bits per heavy atom. The highest BCUT2D eigenvalue weighted by molar-refractivity contribution is 5.94. The predicted molar refractivity (Wildman–Crippen MR) is 179 cm³/mol. The maximum absolute atomic E-state index is 12.5. The van der Waals surface area contributed by atoms with E-state index in [1.807, 2.05) is 0 Å². The average Bonchev–Trinajstić information content (AvgIpc) is 3.11. The maximum atomic E-state index is 12.5. The van der Waals surface area contributed by atoms with Crippen LogP contribution in [0.5, 0.6) is 23.0 Å². The number of unbranched alkanes of at least 4 members (excludes halogenated alkanes) is 1. The number of esters is 2. The molecule has 0 atom stereocenters. The molecule has 0 fully saturated rings. The summed E-state index contributed by atoms with van der Waals surface area (Å²) in [6, 6.07) is 26.6. The lowest BCUT2D eigenvalue weighted by Crippen LogP contribution is -2.19. The summed E-state index contributed by atoms with van der Waals surface area (Å²) in [7, 11) is 3.08. The van der Waals surface area contributed by atoms with Crippen LogP contribution in [0.1, 0.15) is 57.5 Å². The van der Waals surface area contributed by atoms with Gasteiger partial charge in [-0.05, 0) is 85.6 Å². The maximum Gasteiger partial charge on any atom is 0.343 e. The van der Waals surface area contributed by atoms with Crippen LogP contribution in [-0.2, 0) is 9.59 Å². The Morgan fingerprint density at radius 2 is 0.938 bits per heavy atom. The SMILES string of the molecule is COc1ccc(C(=O)Oc2ccccc2C=NNC(=O)CCCCC(=O)NN=Cc2ccccc2OC(=O)c2ccc(OC)cc2)cc1. The molecule has 4 rings (SSSR count). The zero-order valence-corrected chi connectivity index (χ0v) is 26.4. The summed E-state index contributed by atoms with van der Waals surface area (Å²) in [4.78, 5) is 49.6. The van der Waals surface area contributed by atoms with Gasteiger partial charge in [0.05, 0.1) is 37.8 Å². The molecule has 2 N–H and O–H groups in total. The minimum absolute atomic E-state index is 0.148. The molecule has 0 spiro atoms.